The summed E-state index contributed by atoms with van der Waals surface area (Å²) in [6.45, 7) is 5.30. The molecule has 104 valence electrons. The van der Waals surface area contributed by atoms with Gasteiger partial charge in [0.25, 0.3) is 0 Å². The Kier molecular flexibility index (Phi) is 4.51. The molecule has 0 bridgehead atoms. The number of rotatable bonds is 7. The third-order valence-electron chi connectivity index (χ3n) is 2.71. The number of H-pyrrole nitrogens is 1. The Bertz CT molecular complexity index is 524. The van der Waals surface area contributed by atoms with Crippen LogP contribution in [0.15, 0.2) is 6.33 Å². The minimum absolute atomic E-state index is 0.267. The highest BCUT2D eigenvalue weighted by Gasteiger charge is 2.09. The van der Waals surface area contributed by atoms with Crippen LogP contribution in [0.25, 0.3) is 11.2 Å². The predicted molar refractivity (Wildman–Crippen MR) is 75.3 cm³/mol. The van der Waals surface area contributed by atoms with Crippen molar-refractivity contribution in [2.45, 2.75) is 32.8 Å². The summed E-state index contributed by atoms with van der Waals surface area (Å²) in [6, 6.07) is 0. The number of fused-ring (bicyclic) bond motifs is 1. The number of aliphatic hydroxyl groups excluding tert-OH is 1. The highest BCUT2D eigenvalue weighted by molar-refractivity contribution is 5.83. The average molecular weight is 264 g/mol. The van der Waals surface area contributed by atoms with Crippen LogP contribution in [0.2, 0.25) is 0 Å². The molecule has 2 aromatic rings. The summed E-state index contributed by atoms with van der Waals surface area (Å²) in [5.41, 5.74) is 1.45. The van der Waals surface area contributed by atoms with Gasteiger partial charge < -0.3 is 20.7 Å². The lowest BCUT2D eigenvalue weighted by molar-refractivity contribution is 0.183. The normalized spacial score (nSPS) is 12.6. The van der Waals surface area contributed by atoms with Crippen molar-refractivity contribution in [1.82, 2.24) is 19.9 Å². The second kappa shape index (κ2) is 6.33. The Labute approximate surface area is 111 Å². The zero-order valence-corrected chi connectivity index (χ0v) is 11.3. The molecule has 0 saturated heterocycles. The van der Waals surface area contributed by atoms with Gasteiger partial charge in [0.2, 0.25) is 5.95 Å². The summed E-state index contributed by atoms with van der Waals surface area (Å²) >= 11 is 0. The maximum absolute atomic E-state index is 9.22. The Balaban J connectivity index is 2.09. The second-order valence-corrected chi connectivity index (χ2v) is 4.45. The highest BCUT2D eigenvalue weighted by Crippen LogP contribution is 2.18. The molecule has 1 unspecified atom stereocenters. The number of aliphatic hydroxyl groups is 1. The van der Waals surface area contributed by atoms with Gasteiger partial charge in [-0.2, -0.15) is 9.97 Å². The van der Waals surface area contributed by atoms with Gasteiger partial charge in [-0.05, 0) is 26.7 Å². The lowest BCUT2D eigenvalue weighted by atomic mass is 10.2. The molecule has 0 aliphatic rings. The molecule has 2 aromatic heterocycles. The van der Waals surface area contributed by atoms with E-state index in [4.69, 9.17) is 0 Å². The molecular formula is C12H20N6O. The number of aromatic amines is 1. The fourth-order valence-electron chi connectivity index (χ4n) is 1.80. The van der Waals surface area contributed by atoms with Crippen molar-refractivity contribution >= 4 is 22.9 Å². The molecule has 0 aromatic carbocycles. The topological polar surface area (TPSA) is 98.8 Å². The molecule has 0 saturated carbocycles. The fraction of sp³-hybridized carbons (Fsp3) is 0.583. The monoisotopic (exact) mass is 264 g/mol. The van der Waals surface area contributed by atoms with Crippen molar-refractivity contribution in [2.24, 2.45) is 0 Å². The van der Waals surface area contributed by atoms with Crippen LogP contribution in [-0.4, -0.2) is 44.2 Å². The van der Waals surface area contributed by atoms with Crippen LogP contribution in [0.4, 0.5) is 11.8 Å². The quantitative estimate of drug-likeness (QED) is 0.564. The number of imidazole rings is 1. The van der Waals surface area contributed by atoms with E-state index in [2.05, 4.69) is 30.6 Å². The van der Waals surface area contributed by atoms with E-state index in [1.54, 1.807) is 13.3 Å². The van der Waals surface area contributed by atoms with Crippen molar-refractivity contribution in [2.75, 3.05) is 23.7 Å². The Morgan fingerprint density at radius 2 is 2.21 bits per heavy atom. The van der Waals surface area contributed by atoms with E-state index in [1.165, 1.54) is 0 Å². The summed E-state index contributed by atoms with van der Waals surface area (Å²) in [5, 5.41) is 15.6. The average Bonchev–Trinajstić information content (AvgIpc) is 2.83. The minimum Gasteiger partial charge on any atom is -0.393 e. The molecule has 1 atom stereocenters. The number of hydrogen-bond donors (Lipinski definition) is 4. The molecule has 0 aliphatic heterocycles. The lowest BCUT2D eigenvalue weighted by Crippen LogP contribution is -2.10. The van der Waals surface area contributed by atoms with Crippen molar-refractivity contribution < 1.29 is 5.11 Å². The van der Waals surface area contributed by atoms with Gasteiger partial charge >= 0.3 is 0 Å². The Morgan fingerprint density at radius 1 is 1.37 bits per heavy atom. The van der Waals surface area contributed by atoms with Crippen LogP contribution >= 0.6 is 0 Å². The van der Waals surface area contributed by atoms with E-state index in [1.807, 2.05) is 6.92 Å². The van der Waals surface area contributed by atoms with Crippen LogP contribution < -0.4 is 10.6 Å². The van der Waals surface area contributed by atoms with E-state index in [0.29, 0.717) is 11.6 Å². The first-order valence-corrected chi connectivity index (χ1v) is 6.57. The zero-order chi connectivity index (χ0) is 13.7. The van der Waals surface area contributed by atoms with Crippen LogP contribution in [0.1, 0.15) is 26.7 Å². The number of hydrogen-bond acceptors (Lipinski definition) is 6. The first-order chi connectivity index (χ1) is 9.20. The zero-order valence-electron chi connectivity index (χ0n) is 11.3. The number of nitrogens with one attached hydrogen (secondary N) is 3. The maximum Gasteiger partial charge on any atom is 0.226 e. The van der Waals surface area contributed by atoms with Gasteiger partial charge in [0, 0.05) is 13.1 Å². The molecule has 4 N–H and O–H groups in total. The van der Waals surface area contributed by atoms with E-state index >= 15 is 0 Å². The number of nitrogens with zero attached hydrogens (tertiary/aromatic N) is 3. The smallest absolute Gasteiger partial charge is 0.226 e. The molecule has 0 spiro atoms. The first kappa shape index (κ1) is 13.5. The van der Waals surface area contributed by atoms with E-state index < -0.39 is 0 Å². The van der Waals surface area contributed by atoms with Crippen molar-refractivity contribution in [3.8, 4) is 0 Å². The Hall–Kier alpha value is -1.89. The van der Waals surface area contributed by atoms with Gasteiger partial charge in [-0.3, -0.25) is 0 Å². The molecule has 7 heteroatoms. The van der Waals surface area contributed by atoms with Crippen molar-refractivity contribution in [3.05, 3.63) is 6.33 Å². The summed E-state index contributed by atoms with van der Waals surface area (Å²) in [6.07, 6.45) is 2.99. The third-order valence-corrected chi connectivity index (χ3v) is 2.71. The van der Waals surface area contributed by atoms with E-state index in [-0.39, 0.29) is 6.10 Å². The molecule has 0 fully saturated rings. The molecule has 2 heterocycles. The molecule has 19 heavy (non-hydrogen) atoms. The van der Waals surface area contributed by atoms with Crippen LogP contribution in [0, 0.1) is 0 Å². The van der Waals surface area contributed by atoms with Crippen LogP contribution in [0.5, 0.6) is 0 Å². The second-order valence-electron chi connectivity index (χ2n) is 4.45. The minimum atomic E-state index is -0.267. The fourth-order valence-corrected chi connectivity index (χ4v) is 1.80. The molecule has 0 radical (unpaired) electrons. The maximum atomic E-state index is 9.22. The first-order valence-electron chi connectivity index (χ1n) is 6.57. The summed E-state index contributed by atoms with van der Waals surface area (Å²) < 4.78 is 0. The Morgan fingerprint density at radius 3 is 2.95 bits per heavy atom. The number of anilines is 2. The van der Waals surface area contributed by atoms with Crippen molar-refractivity contribution in [1.29, 1.82) is 0 Å². The van der Waals surface area contributed by atoms with Gasteiger partial charge in [-0.1, -0.05) is 0 Å². The highest BCUT2D eigenvalue weighted by atomic mass is 16.3. The molecule has 0 amide bonds. The third kappa shape index (κ3) is 3.54. The number of aromatic nitrogens is 4. The van der Waals surface area contributed by atoms with Crippen molar-refractivity contribution in [3.63, 3.8) is 0 Å². The van der Waals surface area contributed by atoms with E-state index in [0.717, 1.165) is 37.3 Å². The standard InChI is InChI=1S/C12H20N6O/c1-3-13-12-17-10(14-6-4-5-8(2)19)9-11(18-12)16-7-15-9/h7-8,19H,3-6H2,1-2H3,(H3,13,14,15,16,17,18). The van der Waals surface area contributed by atoms with Gasteiger partial charge in [0.1, 0.15) is 5.52 Å². The summed E-state index contributed by atoms with van der Waals surface area (Å²) in [5.74, 6) is 1.31. The lowest BCUT2D eigenvalue weighted by Gasteiger charge is -2.09. The molecule has 0 aliphatic carbocycles. The molecule has 7 nitrogen and oxygen atoms in total. The van der Waals surface area contributed by atoms with Gasteiger partial charge in [-0.25, -0.2) is 4.98 Å². The summed E-state index contributed by atoms with van der Waals surface area (Å²) in [4.78, 5) is 15.9. The van der Waals surface area contributed by atoms with E-state index in [9.17, 15) is 5.11 Å². The van der Waals surface area contributed by atoms with Gasteiger partial charge in [-0.15, -0.1) is 0 Å². The molecular weight excluding hydrogens is 244 g/mol. The van der Waals surface area contributed by atoms with Gasteiger partial charge in [0.15, 0.2) is 11.5 Å². The predicted octanol–water partition coefficient (Wildman–Crippen LogP) is 1.36. The van der Waals surface area contributed by atoms with Crippen LogP contribution in [0.3, 0.4) is 0 Å². The largest absolute Gasteiger partial charge is 0.393 e. The summed E-state index contributed by atoms with van der Waals surface area (Å²) in [7, 11) is 0. The van der Waals surface area contributed by atoms with Gasteiger partial charge in [0.05, 0.1) is 12.4 Å². The van der Waals surface area contributed by atoms with Crippen LogP contribution in [-0.2, 0) is 0 Å². The molecule has 2 rings (SSSR count). The SMILES string of the molecule is CCNc1nc(NCCCC(C)O)c2[nH]cnc2n1.